The van der Waals surface area contributed by atoms with Crippen molar-refractivity contribution in [3.8, 4) is 0 Å². The average molecular weight is 144 g/mol. The minimum atomic E-state index is -0.211. The highest BCUT2D eigenvalue weighted by molar-refractivity contribution is 5.72. The highest BCUT2D eigenvalue weighted by Gasteiger charge is 2.20. The van der Waals surface area contributed by atoms with E-state index in [9.17, 15) is 4.79 Å². The van der Waals surface area contributed by atoms with Crippen molar-refractivity contribution in [1.82, 2.24) is 10.2 Å². The number of hydrogen-bond donors (Lipinski definition) is 1. The highest BCUT2D eigenvalue weighted by atomic mass is 16.5. The third kappa shape index (κ3) is 1.46. The van der Waals surface area contributed by atoms with Gasteiger partial charge in [-0.25, -0.2) is 0 Å². The van der Waals surface area contributed by atoms with Crippen molar-refractivity contribution in [1.29, 1.82) is 0 Å². The Labute approximate surface area is 60.1 Å². The van der Waals surface area contributed by atoms with Gasteiger partial charge in [0.25, 0.3) is 0 Å². The Balaban J connectivity index is 2.39. The molecule has 1 saturated heterocycles. The van der Waals surface area contributed by atoms with Crippen LogP contribution in [-0.4, -0.2) is 37.4 Å². The first kappa shape index (κ1) is 7.50. The molecule has 1 aliphatic rings. The zero-order valence-electron chi connectivity index (χ0n) is 6.26. The third-order valence-electron chi connectivity index (χ3n) is 1.55. The van der Waals surface area contributed by atoms with E-state index in [0.29, 0.717) is 6.61 Å². The molecular weight excluding hydrogens is 132 g/mol. The zero-order valence-corrected chi connectivity index (χ0v) is 6.26. The van der Waals surface area contributed by atoms with Crippen molar-refractivity contribution < 1.29 is 9.53 Å². The van der Waals surface area contributed by atoms with E-state index in [1.807, 2.05) is 0 Å². The summed E-state index contributed by atoms with van der Waals surface area (Å²) in [4.78, 5) is 12.3. The lowest BCUT2D eigenvalue weighted by Gasteiger charge is -2.21. The Morgan fingerprint density at radius 2 is 2.50 bits per heavy atom. The second kappa shape index (κ2) is 2.98. The number of carbonyl (C=O) groups excluding carboxylic acids is 1. The molecular formula is C6H12N2O2. The van der Waals surface area contributed by atoms with Crippen LogP contribution in [0.1, 0.15) is 6.92 Å². The molecule has 58 valence electrons. The van der Waals surface area contributed by atoms with E-state index in [4.69, 9.17) is 4.74 Å². The van der Waals surface area contributed by atoms with Gasteiger partial charge in [0.15, 0.2) is 6.35 Å². The SMILES string of the molecule is CC(=O)N(C)C1NCCO1. The summed E-state index contributed by atoms with van der Waals surface area (Å²) in [6.07, 6.45) is -0.211. The van der Waals surface area contributed by atoms with E-state index in [-0.39, 0.29) is 12.3 Å². The molecule has 1 N–H and O–H groups in total. The predicted octanol–water partition coefficient (Wildman–Crippen LogP) is -0.632. The molecule has 1 fully saturated rings. The molecule has 0 spiro atoms. The van der Waals surface area contributed by atoms with Crippen LogP contribution in [0.25, 0.3) is 0 Å². The third-order valence-corrected chi connectivity index (χ3v) is 1.55. The van der Waals surface area contributed by atoms with Gasteiger partial charge in [0.1, 0.15) is 0 Å². The quantitative estimate of drug-likeness (QED) is 0.532. The summed E-state index contributed by atoms with van der Waals surface area (Å²) >= 11 is 0. The van der Waals surface area contributed by atoms with Gasteiger partial charge in [-0.1, -0.05) is 0 Å². The number of rotatable bonds is 1. The van der Waals surface area contributed by atoms with E-state index in [2.05, 4.69) is 5.32 Å². The van der Waals surface area contributed by atoms with Crippen LogP contribution >= 0.6 is 0 Å². The van der Waals surface area contributed by atoms with E-state index in [1.165, 1.54) is 11.8 Å². The van der Waals surface area contributed by atoms with E-state index in [1.54, 1.807) is 7.05 Å². The normalized spacial score (nSPS) is 24.8. The van der Waals surface area contributed by atoms with Gasteiger partial charge in [-0.05, 0) is 0 Å². The predicted molar refractivity (Wildman–Crippen MR) is 36.2 cm³/mol. The second-order valence-corrected chi connectivity index (χ2v) is 2.31. The lowest BCUT2D eigenvalue weighted by Crippen LogP contribution is -2.42. The molecule has 0 aromatic heterocycles. The van der Waals surface area contributed by atoms with Crippen molar-refractivity contribution in [3.63, 3.8) is 0 Å². The van der Waals surface area contributed by atoms with Gasteiger partial charge in [-0.2, -0.15) is 0 Å². The number of nitrogens with one attached hydrogen (secondary N) is 1. The van der Waals surface area contributed by atoms with Crippen LogP contribution in [0.5, 0.6) is 0 Å². The topological polar surface area (TPSA) is 41.6 Å². The fraction of sp³-hybridized carbons (Fsp3) is 0.833. The summed E-state index contributed by atoms with van der Waals surface area (Å²) in [6, 6.07) is 0. The minimum Gasteiger partial charge on any atom is -0.344 e. The van der Waals surface area contributed by atoms with Gasteiger partial charge in [-0.15, -0.1) is 0 Å². The first-order chi connectivity index (χ1) is 4.72. The molecule has 1 heterocycles. The Morgan fingerprint density at radius 1 is 1.80 bits per heavy atom. The molecule has 0 aromatic carbocycles. The Bertz CT molecular complexity index is 132. The monoisotopic (exact) mass is 144 g/mol. The first-order valence-corrected chi connectivity index (χ1v) is 3.30. The van der Waals surface area contributed by atoms with Crippen molar-refractivity contribution >= 4 is 5.91 Å². The number of amides is 1. The molecule has 1 rings (SSSR count). The number of nitrogens with zero attached hydrogens (tertiary/aromatic N) is 1. The van der Waals surface area contributed by atoms with E-state index in [0.717, 1.165) is 6.54 Å². The van der Waals surface area contributed by atoms with E-state index < -0.39 is 0 Å². The van der Waals surface area contributed by atoms with Crippen LogP contribution in [0.3, 0.4) is 0 Å². The molecule has 4 nitrogen and oxygen atoms in total. The summed E-state index contributed by atoms with van der Waals surface area (Å²) in [6.45, 7) is 3.02. The zero-order chi connectivity index (χ0) is 7.56. The van der Waals surface area contributed by atoms with Gasteiger partial charge in [0.05, 0.1) is 6.61 Å². The molecule has 1 unspecified atom stereocenters. The van der Waals surface area contributed by atoms with E-state index >= 15 is 0 Å². The maximum atomic E-state index is 10.7. The van der Waals surface area contributed by atoms with Gasteiger partial charge in [0.2, 0.25) is 5.91 Å². The second-order valence-electron chi connectivity index (χ2n) is 2.31. The van der Waals surface area contributed by atoms with Crippen LogP contribution in [0.2, 0.25) is 0 Å². The Hall–Kier alpha value is -0.610. The molecule has 0 aromatic rings. The standard InChI is InChI=1S/C6H12N2O2/c1-5(9)8(2)6-7-3-4-10-6/h6-7H,3-4H2,1-2H3. The van der Waals surface area contributed by atoms with Crippen LogP contribution < -0.4 is 5.32 Å². The Kier molecular flexibility index (Phi) is 2.24. The molecule has 1 aliphatic heterocycles. The lowest BCUT2D eigenvalue weighted by molar-refractivity contribution is -0.138. The van der Waals surface area contributed by atoms with Crippen LogP contribution in [0.15, 0.2) is 0 Å². The average Bonchev–Trinajstić information content (AvgIpc) is 2.36. The summed E-state index contributed by atoms with van der Waals surface area (Å²) in [7, 11) is 1.71. The molecule has 10 heavy (non-hydrogen) atoms. The van der Waals surface area contributed by atoms with Crippen LogP contribution in [0.4, 0.5) is 0 Å². The molecule has 0 radical (unpaired) electrons. The van der Waals surface area contributed by atoms with Crippen molar-refractivity contribution in [3.05, 3.63) is 0 Å². The molecule has 4 heteroatoms. The fourth-order valence-corrected chi connectivity index (χ4v) is 0.826. The minimum absolute atomic E-state index is 0.0133. The molecule has 1 amide bonds. The molecule has 0 bridgehead atoms. The van der Waals surface area contributed by atoms with Gasteiger partial charge in [-0.3, -0.25) is 10.1 Å². The number of carbonyl (C=O) groups is 1. The van der Waals surface area contributed by atoms with Crippen LogP contribution in [0, 0.1) is 0 Å². The Morgan fingerprint density at radius 3 is 2.90 bits per heavy atom. The maximum Gasteiger partial charge on any atom is 0.222 e. The fourth-order valence-electron chi connectivity index (χ4n) is 0.826. The molecule has 1 atom stereocenters. The number of hydrogen-bond acceptors (Lipinski definition) is 3. The molecule has 0 aliphatic carbocycles. The van der Waals surface area contributed by atoms with Crippen molar-refractivity contribution in [2.45, 2.75) is 13.3 Å². The van der Waals surface area contributed by atoms with Gasteiger partial charge in [0, 0.05) is 20.5 Å². The highest BCUT2D eigenvalue weighted by Crippen LogP contribution is 1.99. The number of ether oxygens (including phenoxy) is 1. The summed E-state index contributed by atoms with van der Waals surface area (Å²) in [5.74, 6) is 0.0133. The maximum absolute atomic E-state index is 10.7. The first-order valence-electron chi connectivity index (χ1n) is 3.30. The summed E-state index contributed by atoms with van der Waals surface area (Å²) in [5.41, 5.74) is 0. The van der Waals surface area contributed by atoms with Gasteiger partial charge < -0.3 is 9.64 Å². The lowest BCUT2D eigenvalue weighted by atomic mass is 10.6. The molecule has 0 saturated carbocycles. The van der Waals surface area contributed by atoms with Crippen molar-refractivity contribution in [2.75, 3.05) is 20.2 Å². The smallest absolute Gasteiger partial charge is 0.222 e. The summed E-state index contributed by atoms with van der Waals surface area (Å²) in [5, 5.41) is 3.02. The van der Waals surface area contributed by atoms with Crippen molar-refractivity contribution in [2.24, 2.45) is 0 Å². The summed E-state index contributed by atoms with van der Waals surface area (Å²) < 4.78 is 5.17. The largest absolute Gasteiger partial charge is 0.344 e. The van der Waals surface area contributed by atoms with Gasteiger partial charge >= 0.3 is 0 Å². The van der Waals surface area contributed by atoms with Crippen LogP contribution in [-0.2, 0) is 9.53 Å².